The van der Waals surface area contributed by atoms with E-state index in [1.807, 2.05) is 13.2 Å². The molecule has 2 aromatic carbocycles. The normalized spacial score (nSPS) is 11.4. The first kappa shape index (κ1) is 17.5. The molecule has 4 aromatic rings. The Morgan fingerprint density at radius 2 is 1.54 bits per heavy atom. The van der Waals surface area contributed by atoms with E-state index in [1.165, 1.54) is 6.21 Å². The summed E-state index contributed by atoms with van der Waals surface area (Å²) in [6.07, 6.45) is 8.11. The van der Waals surface area contributed by atoms with Crippen molar-refractivity contribution >= 4 is 11.9 Å². The molecular weight excluding hydrogens is 348 g/mol. The standard InChI is InChI=1S/C22H20N6/c1-24-19(10-11-23)22-21(27-14-28-22)18-8-4-16(5-9-18)15-2-6-17(7-3-15)20-12-25-13-26-20/h2-14,23-24H,1H3,(H,25,26)(H,27,28)/b19-10-,23-11?. The molecule has 0 fully saturated rings. The van der Waals surface area contributed by atoms with Gasteiger partial charge in [-0.1, -0.05) is 48.5 Å². The number of imidazole rings is 2. The highest BCUT2D eigenvalue weighted by Crippen LogP contribution is 2.28. The van der Waals surface area contributed by atoms with Gasteiger partial charge in [0, 0.05) is 18.8 Å². The maximum atomic E-state index is 7.31. The monoisotopic (exact) mass is 368 g/mol. The van der Waals surface area contributed by atoms with Crippen LogP contribution in [0.15, 0.2) is 73.5 Å². The highest BCUT2D eigenvalue weighted by molar-refractivity contribution is 5.85. The Bertz CT molecular complexity index is 1090. The second kappa shape index (κ2) is 7.75. The second-order valence-electron chi connectivity index (χ2n) is 6.24. The van der Waals surface area contributed by atoms with Crippen LogP contribution in [0.2, 0.25) is 0 Å². The Balaban J connectivity index is 1.61. The van der Waals surface area contributed by atoms with Gasteiger partial charge in [0.05, 0.1) is 35.9 Å². The largest absolute Gasteiger partial charge is 0.386 e. The molecule has 28 heavy (non-hydrogen) atoms. The zero-order valence-electron chi connectivity index (χ0n) is 15.4. The van der Waals surface area contributed by atoms with Crippen molar-refractivity contribution in [2.45, 2.75) is 0 Å². The zero-order valence-corrected chi connectivity index (χ0v) is 15.4. The predicted molar refractivity (Wildman–Crippen MR) is 113 cm³/mol. The molecule has 0 radical (unpaired) electrons. The van der Waals surface area contributed by atoms with Crippen molar-refractivity contribution in [3.63, 3.8) is 0 Å². The van der Waals surface area contributed by atoms with Gasteiger partial charge in [-0.25, -0.2) is 9.97 Å². The molecule has 0 aliphatic rings. The van der Waals surface area contributed by atoms with Crippen molar-refractivity contribution in [1.82, 2.24) is 25.3 Å². The molecule has 6 nitrogen and oxygen atoms in total. The van der Waals surface area contributed by atoms with Crippen LogP contribution in [0.5, 0.6) is 0 Å². The lowest BCUT2D eigenvalue weighted by atomic mass is 10.0. The van der Waals surface area contributed by atoms with Gasteiger partial charge >= 0.3 is 0 Å². The fourth-order valence-corrected chi connectivity index (χ4v) is 3.17. The van der Waals surface area contributed by atoms with E-state index in [0.717, 1.165) is 45.0 Å². The number of nitrogens with zero attached hydrogens (tertiary/aromatic N) is 2. The Labute approximate surface area is 162 Å². The SMILES string of the molecule is CN/C(=C\C=N)c1nc[nH]c1-c1ccc(-c2ccc(-c3cnc[nH]3)cc2)cc1. The third-order valence-electron chi connectivity index (χ3n) is 4.61. The summed E-state index contributed by atoms with van der Waals surface area (Å²) in [6, 6.07) is 16.8. The molecule has 4 N–H and O–H groups in total. The second-order valence-corrected chi connectivity index (χ2v) is 6.24. The van der Waals surface area contributed by atoms with E-state index in [0.29, 0.717) is 0 Å². The summed E-state index contributed by atoms with van der Waals surface area (Å²) in [4.78, 5) is 14.8. The molecule has 0 saturated carbocycles. The number of H-pyrrole nitrogens is 2. The number of aromatic amines is 2. The van der Waals surface area contributed by atoms with E-state index in [4.69, 9.17) is 5.41 Å². The van der Waals surface area contributed by atoms with Crippen LogP contribution in [0.25, 0.3) is 39.3 Å². The third kappa shape index (κ3) is 3.35. The zero-order chi connectivity index (χ0) is 19.3. The van der Waals surface area contributed by atoms with E-state index >= 15 is 0 Å². The van der Waals surface area contributed by atoms with Gasteiger partial charge in [-0.3, -0.25) is 0 Å². The minimum atomic E-state index is 0.794. The van der Waals surface area contributed by atoms with Crippen LogP contribution in [0.1, 0.15) is 5.69 Å². The molecule has 0 amide bonds. The van der Waals surface area contributed by atoms with Crippen molar-refractivity contribution in [1.29, 1.82) is 5.41 Å². The van der Waals surface area contributed by atoms with Crippen molar-refractivity contribution in [3.05, 3.63) is 79.2 Å². The Kier molecular flexibility index (Phi) is 4.84. The first-order valence-corrected chi connectivity index (χ1v) is 8.92. The van der Waals surface area contributed by atoms with Crippen molar-refractivity contribution in [3.8, 4) is 33.6 Å². The van der Waals surface area contributed by atoms with Gasteiger partial charge in [0.25, 0.3) is 0 Å². The van der Waals surface area contributed by atoms with Gasteiger partial charge in [0.2, 0.25) is 0 Å². The van der Waals surface area contributed by atoms with Gasteiger partial charge in [-0.15, -0.1) is 0 Å². The fourth-order valence-electron chi connectivity index (χ4n) is 3.17. The molecule has 0 atom stereocenters. The van der Waals surface area contributed by atoms with E-state index in [2.05, 4.69) is 73.8 Å². The maximum Gasteiger partial charge on any atom is 0.112 e. The molecule has 138 valence electrons. The van der Waals surface area contributed by atoms with Crippen LogP contribution in [-0.2, 0) is 0 Å². The Hall–Kier alpha value is -3.93. The minimum absolute atomic E-state index is 0.794. The van der Waals surface area contributed by atoms with Gasteiger partial charge in [0.1, 0.15) is 5.69 Å². The fraction of sp³-hybridized carbons (Fsp3) is 0.0455. The number of aromatic nitrogens is 4. The van der Waals surface area contributed by atoms with Crippen LogP contribution >= 0.6 is 0 Å². The van der Waals surface area contributed by atoms with Crippen molar-refractivity contribution < 1.29 is 0 Å². The van der Waals surface area contributed by atoms with E-state index in [9.17, 15) is 0 Å². The first-order chi connectivity index (χ1) is 13.8. The average Bonchev–Trinajstić information content (AvgIpc) is 3.44. The van der Waals surface area contributed by atoms with Crippen LogP contribution in [0.3, 0.4) is 0 Å². The third-order valence-corrected chi connectivity index (χ3v) is 4.61. The molecule has 2 aromatic heterocycles. The summed E-state index contributed by atoms with van der Waals surface area (Å²) in [5, 5.41) is 10.4. The molecule has 0 unspecified atom stereocenters. The maximum absolute atomic E-state index is 7.31. The first-order valence-electron chi connectivity index (χ1n) is 8.92. The van der Waals surface area contributed by atoms with Crippen molar-refractivity contribution in [2.24, 2.45) is 0 Å². The smallest absolute Gasteiger partial charge is 0.112 e. The summed E-state index contributed by atoms with van der Waals surface area (Å²) in [7, 11) is 1.82. The van der Waals surface area contributed by atoms with Crippen molar-refractivity contribution in [2.75, 3.05) is 7.05 Å². The Morgan fingerprint density at radius 1 is 0.893 bits per heavy atom. The molecule has 0 aliphatic heterocycles. The number of hydrogen-bond donors (Lipinski definition) is 4. The summed E-state index contributed by atoms with van der Waals surface area (Å²) in [6.45, 7) is 0. The van der Waals surface area contributed by atoms with Gasteiger partial charge in [-0.05, 0) is 22.8 Å². The predicted octanol–water partition coefficient (Wildman–Crippen LogP) is 4.34. The van der Waals surface area contributed by atoms with E-state index in [1.54, 1.807) is 18.7 Å². The average molecular weight is 368 g/mol. The molecule has 6 heteroatoms. The summed E-state index contributed by atoms with van der Waals surface area (Å²) in [5.41, 5.74) is 7.96. The number of rotatable bonds is 6. The molecular formula is C22H20N6. The topological polar surface area (TPSA) is 93.2 Å². The van der Waals surface area contributed by atoms with Gasteiger partial charge in [0.15, 0.2) is 0 Å². The summed E-state index contributed by atoms with van der Waals surface area (Å²) >= 11 is 0. The van der Waals surface area contributed by atoms with E-state index < -0.39 is 0 Å². The number of benzene rings is 2. The molecule has 4 rings (SSSR count). The molecule has 2 heterocycles. The van der Waals surface area contributed by atoms with E-state index in [-0.39, 0.29) is 0 Å². The number of hydrogen-bond acceptors (Lipinski definition) is 4. The highest BCUT2D eigenvalue weighted by Gasteiger charge is 2.12. The minimum Gasteiger partial charge on any atom is -0.386 e. The number of nitrogens with one attached hydrogen (secondary N) is 4. The summed E-state index contributed by atoms with van der Waals surface area (Å²) in [5.74, 6) is 0. The Morgan fingerprint density at radius 3 is 2.11 bits per heavy atom. The van der Waals surface area contributed by atoms with Crippen LogP contribution in [0, 0.1) is 5.41 Å². The lowest BCUT2D eigenvalue weighted by Crippen LogP contribution is -2.06. The van der Waals surface area contributed by atoms with Gasteiger partial charge in [-0.2, -0.15) is 0 Å². The lowest BCUT2D eigenvalue weighted by Gasteiger charge is -2.08. The number of allylic oxidation sites excluding steroid dienone is 1. The van der Waals surface area contributed by atoms with Crippen LogP contribution in [0.4, 0.5) is 0 Å². The molecule has 0 bridgehead atoms. The molecule has 0 aliphatic carbocycles. The molecule has 0 saturated heterocycles. The lowest BCUT2D eigenvalue weighted by molar-refractivity contribution is 1.11. The van der Waals surface area contributed by atoms with Crippen LogP contribution < -0.4 is 5.32 Å². The van der Waals surface area contributed by atoms with Gasteiger partial charge < -0.3 is 20.7 Å². The summed E-state index contributed by atoms with van der Waals surface area (Å²) < 4.78 is 0. The van der Waals surface area contributed by atoms with Crippen LogP contribution in [-0.4, -0.2) is 33.2 Å². The quantitative estimate of drug-likeness (QED) is 0.381. The highest BCUT2D eigenvalue weighted by atomic mass is 14.9. The molecule has 0 spiro atoms.